The Labute approximate surface area is 160 Å². The quantitative estimate of drug-likeness (QED) is 0.488. The summed E-state index contributed by atoms with van der Waals surface area (Å²) in [5.74, 6) is 1.54. The summed E-state index contributed by atoms with van der Waals surface area (Å²) in [6.07, 6.45) is 4.69. The molecule has 0 saturated carbocycles. The van der Waals surface area contributed by atoms with E-state index >= 15 is 0 Å². The minimum Gasteiger partial charge on any atom is -0.467 e. The van der Waals surface area contributed by atoms with E-state index in [1.807, 2.05) is 32.0 Å². The van der Waals surface area contributed by atoms with Gasteiger partial charge in [0.1, 0.15) is 16.6 Å². The minimum absolute atomic E-state index is 0.0475. The Bertz CT molecular complexity index is 1070. The molecule has 1 atom stereocenters. The molecule has 0 bridgehead atoms. The lowest BCUT2D eigenvalue weighted by Gasteiger charge is -2.14. The molecule has 0 radical (unpaired) electrons. The number of carbonyl (C=O) groups excluding carboxylic acids is 1. The van der Waals surface area contributed by atoms with Crippen LogP contribution in [0.2, 0.25) is 0 Å². The number of nitrogens with one attached hydrogen (secondary N) is 1. The largest absolute Gasteiger partial charge is 0.467 e. The number of furan rings is 2. The third kappa shape index (κ3) is 3.32. The van der Waals surface area contributed by atoms with E-state index in [2.05, 4.69) is 19.9 Å². The zero-order valence-electron chi connectivity index (χ0n) is 15.1. The molecule has 0 fully saturated rings. The van der Waals surface area contributed by atoms with E-state index in [4.69, 9.17) is 8.83 Å². The van der Waals surface area contributed by atoms with Crippen LogP contribution in [0.25, 0.3) is 16.6 Å². The Hall–Kier alpha value is -2.74. The van der Waals surface area contributed by atoms with Crippen LogP contribution >= 0.6 is 11.8 Å². The number of fused-ring (bicyclic) bond motifs is 3. The average molecular weight is 384 g/mol. The van der Waals surface area contributed by atoms with Crippen molar-refractivity contribution in [2.75, 3.05) is 0 Å². The van der Waals surface area contributed by atoms with Crippen LogP contribution in [0.5, 0.6) is 0 Å². The van der Waals surface area contributed by atoms with Crippen molar-refractivity contribution in [3.05, 3.63) is 48.4 Å². The molecule has 0 aliphatic heterocycles. The van der Waals surface area contributed by atoms with E-state index in [1.165, 1.54) is 11.8 Å². The van der Waals surface area contributed by atoms with E-state index in [0.29, 0.717) is 13.0 Å². The molecule has 27 heavy (non-hydrogen) atoms. The third-order valence-corrected chi connectivity index (χ3v) is 5.75. The monoisotopic (exact) mass is 384 g/mol. The van der Waals surface area contributed by atoms with Crippen LogP contribution < -0.4 is 5.32 Å². The Morgan fingerprint density at radius 1 is 1.22 bits per heavy atom. The van der Waals surface area contributed by atoms with Crippen molar-refractivity contribution >= 4 is 34.3 Å². The maximum Gasteiger partial charge on any atom is 0.233 e. The first-order valence-electron chi connectivity index (χ1n) is 8.92. The second kappa shape index (κ2) is 7.48. The van der Waals surface area contributed by atoms with Gasteiger partial charge in [-0.15, -0.1) is 10.2 Å². The summed E-state index contributed by atoms with van der Waals surface area (Å²) in [7, 11) is 0. The number of carbonyl (C=O) groups is 1. The van der Waals surface area contributed by atoms with Crippen LogP contribution in [0.3, 0.4) is 0 Å². The van der Waals surface area contributed by atoms with Gasteiger partial charge in [-0.25, -0.2) is 0 Å². The van der Waals surface area contributed by atoms with Crippen molar-refractivity contribution in [1.82, 2.24) is 19.9 Å². The van der Waals surface area contributed by atoms with Gasteiger partial charge in [-0.05, 0) is 18.6 Å². The molecule has 4 aromatic rings. The Morgan fingerprint density at radius 3 is 2.85 bits per heavy atom. The maximum absolute atomic E-state index is 12.6. The average Bonchev–Trinajstić information content (AvgIpc) is 3.41. The van der Waals surface area contributed by atoms with Crippen molar-refractivity contribution < 1.29 is 13.6 Å². The predicted molar refractivity (Wildman–Crippen MR) is 103 cm³/mol. The molecule has 4 aromatic heterocycles. The molecule has 140 valence electrons. The number of hydrogen-bond donors (Lipinski definition) is 1. The first-order valence-corrected chi connectivity index (χ1v) is 9.80. The van der Waals surface area contributed by atoms with Crippen molar-refractivity contribution in [2.24, 2.45) is 0 Å². The van der Waals surface area contributed by atoms with Gasteiger partial charge in [0, 0.05) is 18.6 Å². The van der Waals surface area contributed by atoms with Crippen molar-refractivity contribution in [3.8, 4) is 0 Å². The first kappa shape index (κ1) is 17.7. The van der Waals surface area contributed by atoms with Gasteiger partial charge in [0.15, 0.2) is 5.58 Å². The zero-order valence-corrected chi connectivity index (χ0v) is 16.0. The minimum atomic E-state index is -0.272. The third-order valence-electron chi connectivity index (χ3n) is 4.41. The lowest BCUT2D eigenvalue weighted by atomic mass is 10.3. The van der Waals surface area contributed by atoms with Gasteiger partial charge in [0.05, 0.1) is 35.4 Å². The topological polar surface area (TPSA) is 85.6 Å². The molecule has 1 unspecified atom stereocenters. The number of hydrogen-bond acceptors (Lipinski definition) is 6. The van der Waals surface area contributed by atoms with E-state index in [-0.39, 0.29) is 11.2 Å². The van der Waals surface area contributed by atoms with Crippen LogP contribution in [0, 0.1) is 0 Å². The number of aromatic nitrogens is 3. The van der Waals surface area contributed by atoms with Crippen LogP contribution in [0.15, 0.2) is 50.7 Å². The highest BCUT2D eigenvalue weighted by atomic mass is 32.2. The van der Waals surface area contributed by atoms with Crippen LogP contribution in [-0.4, -0.2) is 25.8 Å². The molecule has 8 heteroatoms. The lowest BCUT2D eigenvalue weighted by Crippen LogP contribution is -2.31. The van der Waals surface area contributed by atoms with E-state index in [1.54, 1.807) is 18.6 Å². The van der Waals surface area contributed by atoms with Gasteiger partial charge in [0.2, 0.25) is 5.91 Å². The molecule has 1 amide bonds. The van der Waals surface area contributed by atoms with Crippen molar-refractivity contribution in [3.63, 3.8) is 0 Å². The highest BCUT2D eigenvalue weighted by Gasteiger charge is 2.22. The standard InChI is InChI=1S/C19H20N4O3S/c1-3-16(18(24)20-11-12-6-5-8-25-12)27-19-14-10-15-13(7-9-26-15)23(14)17(4-2)21-22-19/h5-10,16H,3-4,11H2,1-2H3,(H,20,24). The molecule has 7 nitrogen and oxygen atoms in total. The van der Waals surface area contributed by atoms with Gasteiger partial charge in [-0.1, -0.05) is 25.6 Å². The summed E-state index contributed by atoms with van der Waals surface area (Å²) < 4.78 is 12.9. The maximum atomic E-state index is 12.6. The second-order valence-corrected chi connectivity index (χ2v) is 7.31. The Kier molecular flexibility index (Phi) is 4.89. The number of amides is 1. The van der Waals surface area contributed by atoms with E-state index in [0.717, 1.165) is 39.6 Å². The number of rotatable bonds is 7. The first-order chi connectivity index (χ1) is 13.2. The highest BCUT2D eigenvalue weighted by Crippen LogP contribution is 2.32. The number of aryl methyl sites for hydroxylation is 1. The van der Waals surface area contributed by atoms with Crippen LogP contribution in [0.4, 0.5) is 0 Å². The molecule has 1 N–H and O–H groups in total. The van der Waals surface area contributed by atoms with Gasteiger partial charge in [0.25, 0.3) is 0 Å². The van der Waals surface area contributed by atoms with E-state index in [9.17, 15) is 4.79 Å². The molecule has 0 aliphatic rings. The molecule has 0 aliphatic carbocycles. The fourth-order valence-corrected chi connectivity index (χ4v) is 4.02. The molecule has 4 rings (SSSR count). The summed E-state index contributed by atoms with van der Waals surface area (Å²) in [6.45, 7) is 4.40. The molecular weight excluding hydrogens is 364 g/mol. The highest BCUT2D eigenvalue weighted by molar-refractivity contribution is 8.00. The SMILES string of the molecule is CCc1nnc(SC(CC)C(=O)NCc2ccco2)c2cc3occc3n12. The van der Waals surface area contributed by atoms with Crippen LogP contribution in [-0.2, 0) is 17.8 Å². The zero-order chi connectivity index (χ0) is 18.8. The summed E-state index contributed by atoms with van der Waals surface area (Å²) in [5, 5.41) is 12.1. The smallest absolute Gasteiger partial charge is 0.233 e. The van der Waals surface area contributed by atoms with E-state index < -0.39 is 0 Å². The second-order valence-electron chi connectivity index (χ2n) is 6.12. The van der Waals surface area contributed by atoms with Gasteiger partial charge < -0.3 is 14.2 Å². The van der Waals surface area contributed by atoms with Crippen molar-refractivity contribution in [2.45, 2.75) is 43.5 Å². The van der Waals surface area contributed by atoms with Gasteiger partial charge in [-0.3, -0.25) is 9.20 Å². The fourth-order valence-electron chi connectivity index (χ4n) is 3.03. The summed E-state index contributed by atoms with van der Waals surface area (Å²) in [5.41, 5.74) is 2.67. The number of thioether (sulfide) groups is 1. The lowest BCUT2D eigenvalue weighted by molar-refractivity contribution is -0.120. The normalized spacial score (nSPS) is 12.7. The molecule has 0 saturated heterocycles. The summed E-state index contributed by atoms with van der Waals surface area (Å²) in [4.78, 5) is 12.6. The Balaban J connectivity index is 1.60. The Morgan fingerprint density at radius 2 is 2.11 bits per heavy atom. The van der Waals surface area contributed by atoms with Crippen molar-refractivity contribution in [1.29, 1.82) is 0 Å². The van der Waals surface area contributed by atoms with Gasteiger partial charge >= 0.3 is 0 Å². The molecule has 0 aromatic carbocycles. The fraction of sp³-hybridized carbons (Fsp3) is 0.316. The van der Waals surface area contributed by atoms with Gasteiger partial charge in [-0.2, -0.15) is 0 Å². The molecule has 4 heterocycles. The summed E-state index contributed by atoms with van der Waals surface area (Å²) >= 11 is 1.42. The summed E-state index contributed by atoms with van der Waals surface area (Å²) in [6, 6.07) is 7.52. The van der Waals surface area contributed by atoms with Crippen LogP contribution in [0.1, 0.15) is 31.9 Å². The molecular formula is C19H20N4O3S. The molecule has 0 spiro atoms. The number of nitrogens with zero attached hydrogens (tertiary/aromatic N) is 3. The predicted octanol–water partition coefficient (Wildman–Crippen LogP) is 3.82.